The Morgan fingerprint density at radius 1 is 1.37 bits per heavy atom. The zero-order chi connectivity index (χ0) is 13.7. The van der Waals surface area contributed by atoms with Gasteiger partial charge < -0.3 is 5.32 Å². The highest BCUT2D eigenvalue weighted by Gasteiger charge is 2.38. The highest BCUT2D eigenvalue weighted by atomic mass is 32.2. The van der Waals surface area contributed by atoms with Crippen molar-refractivity contribution in [2.75, 3.05) is 6.54 Å². The summed E-state index contributed by atoms with van der Waals surface area (Å²) in [6.07, 6.45) is 8.99. The fourth-order valence-corrected chi connectivity index (χ4v) is 4.52. The van der Waals surface area contributed by atoms with E-state index >= 15 is 0 Å². The number of hydrogen-bond donors (Lipinski definition) is 1. The SMILES string of the molecule is CCCNC1C(Sc2ccncc2)CCCC1(C)C. The first-order valence-electron chi connectivity index (χ1n) is 7.43. The Kier molecular flexibility index (Phi) is 5.28. The van der Waals surface area contributed by atoms with E-state index in [1.54, 1.807) is 0 Å². The van der Waals surface area contributed by atoms with Crippen molar-refractivity contribution in [2.45, 2.75) is 62.6 Å². The minimum Gasteiger partial charge on any atom is -0.312 e. The molecule has 0 bridgehead atoms. The molecule has 1 aromatic rings. The van der Waals surface area contributed by atoms with Gasteiger partial charge in [-0.3, -0.25) is 4.98 Å². The van der Waals surface area contributed by atoms with Crippen LogP contribution in [-0.2, 0) is 0 Å². The molecule has 1 aliphatic rings. The lowest BCUT2D eigenvalue weighted by molar-refractivity contribution is 0.175. The van der Waals surface area contributed by atoms with Crippen molar-refractivity contribution in [3.05, 3.63) is 24.5 Å². The zero-order valence-corrected chi connectivity index (χ0v) is 13.2. The topological polar surface area (TPSA) is 24.9 Å². The Labute approximate surface area is 121 Å². The lowest BCUT2D eigenvalue weighted by Crippen LogP contribution is -2.51. The zero-order valence-electron chi connectivity index (χ0n) is 12.4. The number of aromatic nitrogens is 1. The van der Waals surface area contributed by atoms with Crippen LogP contribution in [0.15, 0.2) is 29.4 Å². The second kappa shape index (κ2) is 6.76. The Morgan fingerprint density at radius 3 is 2.79 bits per heavy atom. The number of nitrogens with zero attached hydrogens (tertiary/aromatic N) is 1. The van der Waals surface area contributed by atoms with Crippen LogP contribution in [-0.4, -0.2) is 22.8 Å². The van der Waals surface area contributed by atoms with Crippen LogP contribution >= 0.6 is 11.8 Å². The molecule has 106 valence electrons. The van der Waals surface area contributed by atoms with Gasteiger partial charge in [0.15, 0.2) is 0 Å². The maximum Gasteiger partial charge on any atom is 0.0278 e. The van der Waals surface area contributed by atoms with Crippen LogP contribution in [0, 0.1) is 5.41 Å². The number of thioether (sulfide) groups is 1. The van der Waals surface area contributed by atoms with E-state index in [4.69, 9.17) is 0 Å². The summed E-state index contributed by atoms with van der Waals surface area (Å²) in [5.74, 6) is 0. The van der Waals surface area contributed by atoms with E-state index in [0.29, 0.717) is 16.7 Å². The second-order valence-electron chi connectivity index (χ2n) is 6.15. The standard InChI is InChI=1S/C16H26N2S/c1-4-10-18-15-14(6-5-9-16(15,2)3)19-13-7-11-17-12-8-13/h7-8,11-12,14-15,18H,4-6,9-10H2,1-3H3. The van der Waals surface area contributed by atoms with Gasteiger partial charge in [0.05, 0.1) is 0 Å². The first-order chi connectivity index (χ1) is 9.13. The Morgan fingerprint density at radius 2 is 2.11 bits per heavy atom. The minimum atomic E-state index is 0.401. The van der Waals surface area contributed by atoms with E-state index in [1.807, 2.05) is 24.2 Å². The van der Waals surface area contributed by atoms with Crippen molar-refractivity contribution in [3.63, 3.8) is 0 Å². The second-order valence-corrected chi connectivity index (χ2v) is 7.46. The van der Waals surface area contributed by atoms with Gasteiger partial charge in [-0.25, -0.2) is 0 Å². The normalized spacial score (nSPS) is 26.3. The lowest BCUT2D eigenvalue weighted by atomic mass is 9.73. The Hall–Kier alpha value is -0.540. The molecule has 3 heteroatoms. The maximum atomic E-state index is 4.11. The summed E-state index contributed by atoms with van der Waals surface area (Å²) in [6, 6.07) is 4.87. The number of nitrogens with one attached hydrogen (secondary N) is 1. The van der Waals surface area contributed by atoms with Crippen LogP contribution < -0.4 is 5.32 Å². The summed E-state index contributed by atoms with van der Waals surface area (Å²) in [7, 11) is 0. The summed E-state index contributed by atoms with van der Waals surface area (Å²) < 4.78 is 0. The van der Waals surface area contributed by atoms with Crippen molar-refractivity contribution < 1.29 is 0 Å². The molecule has 0 aromatic carbocycles. The largest absolute Gasteiger partial charge is 0.312 e. The maximum absolute atomic E-state index is 4.11. The third kappa shape index (κ3) is 3.96. The third-order valence-corrected chi connectivity index (χ3v) is 5.43. The van der Waals surface area contributed by atoms with E-state index in [2.05, 4.69) is 43.2 Å². The van der Waals surface area contributed by atoms with Crippen molar-refractivity contribution >= 4 is 11.8 Å². The van der Waals surface area contributed by atoms with Gasteiger partial charge in [0.2, 0.25) is 0 Å². The van der Waals surface area contributed by atoms with Crippen molar-refractivity contribution in [2.24, 2.45) is 5.41 Å². The molecular formula is C16H26N2S. The van der Waals surface area contributed by atoms with Crippen molar-refractivity contribution in [1.29, 1.82) is 0 Å². The Balaban J connectivity index is 2.07. The molecule has 2 atom stereocenters. The van der Waals surface area contributed by atoms with Crippen LogP contribution in [0.2, 0.25) is 0 Å². The Bertz CT molecular complexity index is 378. The van der Waals surface area contributed by atoms with Crippen LogP contribution in [0.25, 0.3) is 0 Å². The predicted octanol–water partition coefficient (Wildman–Crippen LogP) is 4.12. The van der Waals surface area contributed by atoms with Crippen LogP contribution in [0.1, 0.15) is 46.5 Å². The summed E-state index contributed by atoms with van der Waals surface area (Å²) in [6.45, 7) is 8.20. The molecule has 1 aromatic heterocycles. The highest BCUT2D eigenvalue weighted by molar-refractivity contribution is 8.00. The van der Waals surface area contributed by atoms with Gasteiger partial charge in [0, 0.05) is 28.6 Å². The highest BCUT2D eigenvalue weighted by Crippen LogP contribution is 2.42. The van der Waals surface area contributed by atoms with Crippen molar-refractivity contribution in [3.8, 4) is 0 Å². The molecule has 1 aliphatic carbocycles. The molecule has 1 N–H and O–H groups in total. The number of rotatable bonds is 5. The molecule has 2 unspecified atom stereocenters. The number of hydrogen-bond acceptors (Lipinski definition) is 3. The van der Waals surface area contributed by atoms with Crippen LogP contribution in [0.3, 0.4) is 0 Å². The van der Waals surface area contributed by atoms with Gasteiger partial charge in [-0.1, -0.05) is 27.2 Å². The summed E-state index contributed by atoms with van der Waals surface area (Å²) in [5, 5.41) is 4.47. The lowest BCUT2D eigenvalue weighted by Gasteiger charge is -2.44. The molecule has 2 rings (SSSR count). The summed E-state index contributed by atoms with van der Waals surface area (Å²) in [5.41, 5.74) is 0.401. The van der Waals surface area contributed by atoms with Gasteiger partial charge in [-0.05, 0) is 43.4 Å². The first kappa shape index (κ1) is 14.9. The van der Waals surface area contributed by atoms with E-state index in [0.717, 1.165) is 6.54 Å². The van der Waals surface area contributed by atoms with E-state index in [9.17, 15) is 0 Å². The van der Waals surface area contributed by atoms with Gasteiger partial charge in [-0.15, -0.1) is 11.8 Å². The summed E-state index contributed by atoms with van der Waals surface area (Å²) in [4.78, 5) is 5.45. The average Bonchev–Trinajstić information content (AvgIpc) is 2.38. The minimum absolute atomic E-state index is 0.401. The smallest absolute Gasteiger partial charge is 0.0278 e. The fourth-order valence-electron chi connectivity index (χ4n) is 3.01. The van der Waals surface area contributed by atoms with E-state index in [1.165, 1.54) is 30.6 Å². The number of pyridine rings is 1. The van der Waals surface area contributed by atoms with E-state index in [-0.39, 0.29) is 0 Å². The first-order valence-corrected chi connectivity index (χ1v) is 8.31. The predicted molar refractivity (Wildman–Crippen MR) is 83.6 cm³/mol. The van der Waals surface area contributed by atoms with E-state index < -0.39 is 0 Å². The van der Waals surface area contributed by atoms with Crippen molar-refractivity contribution in [1.82, 2.24) is 10.3 Å². The van der Waals surface area contributed by atoms with Crippen LogP contribution in [0.5, 0.6) is 0 Å². The molecule has 1 saturated carbocycles. The molecule has 19 heavy (non-hydrogen) atoms. The molecular weight excluding hydrogens is 252 g/mol. The van der Waals surface area contributed by atoms with Gasteiger partial charge >= 0.3 is 0 Å². The van der Waals surface area contributed by atoms with Gasteiger partial charge in [0.1, 0.15) is 0 Å². The summed E-state index contributed by atoms with van der Waals surface area (Å²) >= 11 is 2.02. The molecule has 1 fully saturated rings. The molecule has 0 saturated heterocycles. The fraction of sp³-hybridized carbons (Fsp3) is 0.688. The quantitative estimate of drug-likeness (QED) is 0.877. The van der Waals surface area contributed by atoms with Gasteiger partial charge in [0.25, 0.3) is 0 Å². The average molecular weight is 278 g/mol. The monoisotopic (exact) mass is 278 g/mol. The third-order valence-electron chi connectivity index (χ3n) is 4.07. The molecule has 0 aliphatic heterocycles. The molecule has 0 amide bonds. The van der Waals surface area contributed by atoms with Gasteiger partial charge in [-0.2, -0.15) is 0 Å². The molecule has 0 radical (unpaired) electrons. The molecule has 2 nitrogen and oxygen atoms in total. The van der Waals surface area contributed by atoms with Crippen LogP contribution in [0.4, 0.5) is 0 Å². The molecule has 0 spiro atoms. The molecule has 1 heterocycles.